The highest BCUT2D eigenvalue weighted by Gasteiger charge is 2.57. The van der Waals surface area contributed by atoms with E-state index in [1.807, 2.05) is 0 Å². The molecule has 3 saturated carbocycles. The van der Waals surface area contributed by atoms with Crippen LogP contribution in [0, 0.1) is 17.6 Å². The number of nitrogens with one attached hydrogen (secondary N) is 2. The van der Waals surface area contributed by atoms with E-state index >= 15 is 0 Å². The van der Waals surface area contributed by atoms with Crippen LogP contribution in [0.15, 0.2) is 36.4 Å². The van der Waals surface area contributed by atoms with Crippen LogP contribution in [0.1, 0.15) is 19.3 Å². The van der Waals surface area contributed by atoms with Crippen LogP contribution in [0.4, 0.5) is 8.78 Å². The second-order valence-corrected chi connectivity index (χ2v) is 9.63. The Bertz CT molecular complexity index is 1110. The first-order valence-electron chi connectivity index (χ1n) is 11.0. The van der Waals surface area contributed by atoms with Gasteiger partial charge in [-0.15, -0.1) is 0 Å². The second-order valence-electron chi connectivity index (χ2n) is 8.82. The summed E-state index contributed by atoms with van der Waals surface area (Å²) >= 11 is 11.3. The quantitative estimate of drug-likeness (QED) is 0.488. The lowest BCUT2D eigenvalue weighted by molar-refractivity contribution is -0.131. The minimum atomic E-state index is -0.989. The van der Waals surface area contributed by atoms with Crippen LogP contribution in [0.3, 0.4) is 0 Å². The van der Waals surface area contributed by atoms with Gasteiger partial charge in [-0.05, 0) is 49.4 Å². The second kappa shape index (κ2) is 10.6. The van der Waals surface area contributed by atoms with E-state index < -0.39 is 29.2 Å². The fourth-order valence-electron chi connectivity index (χ4n) is 4.66. The SMILES string of the molecule is COCC(Oc1ccc(Cl)c(F)c1)C(=O)NC1CC2(NC(=O)COc3ccc(Cl)c(F)c3)CC1C2. The monoisotopic (exact) mass is 528 g/mol. The largest absolute Gasteiger partial charge is 0.484 e. The first-order chi connectivity index (χ1) is 16.7. The molecule has 3 aliphatic rings. The summed E-state index contributed by atoms with van der Waals surface area (Å²) in [7, 11) is 1.43. The number of hydrogen-bond acceptors (Lipinski definition) is 5. The Morgan fingerprint density at radius 3 is 2.31 bits per heavy atom. The van der Waals surface area contributed by atoms with Gasteiger partial charge in [-0.3, -0.25) is 9.59 Å². The molecule has 3 fully saturated rings. The fourth-order valence-corrected chi connectivity index (χ4v) is 4.89. The number of halogens is 4. The van der Waals surface area contributed by atoms with Crippen LogP contribution >= 0.6 is 23.2 Å². The predicted octanol–water partition coefficient (Wildman–Crippen LogP) is 3.90. The number of methoxy groups -OCH3 is 1. The lowest BCUT2D eigenvalue weighted by Crippen LogP contribution is -2.53. The maximum Gasteiger partial charge on any atom is 0.263 e. The summed E-state index contributed by atoms with van der Waals surface area (Å²) in [5.74, 6) is -1.44. The maximum atomic E-state index is 13.7. The van der Waals surface area contributed by atoms with E-state index in [9.17, 15) is 18.4 Å². The fraction of sp³-hybridized carbons (Fsp3) is 0.417. The van der Waals surface area contributed by atoms with Crippen molar-refractivity contribution in [3.63, 3.8) is 0 Å². The molecular formula is C24H24Cl2F2N2O5. The minimum Gasteiger partial charge on any atom is -0.484 e. The van der Waals surface area contributed by atoms with Gasteiger partial charge in [0.15, 0.2) is 12.7 Å². The van der Waals surface area contributed by atoms with E-state index in [4.69, 9.17) is 37.4 Å². The van der Waals surface area contributed by atoms with Crippen molar-refractivity contribution >= 4 is 35.0 Å². The van der Waals surface area contributed by atoms with Crippen molar-refractivity contribution in [1.82, 2.24) is 10.6 Å². The van der Waals surface area contributed by atoms with E-state index in [-0.39, 0.29) is 52.6 Å². The van der Waals surface area contributed by atoms with Crippen molar-refractivity contribution in [3.05, 3.63) is 58.1 Å². The van der Waals surface area contributed by atoms with Gasteiger partial charge in [0.2, 0.25) is 0 Å². The van der Waals surface area contributed by atoms with Gasteiger partial charge in [-0.1, -0.05) is 23.2 Å². The summed E-state index contributed by atoms with van der Waals surface area (Å²) in [5.41, 5.74) is -0.425. The van der Waals surface area contributed by atoms with Gasteiger partial charge in [0.1, 0.15) is 23.1 Å². The number of carbonyl (C=O) groups is 2. The molecule has 2 unspecified atom stereocenters. The third-order valence-electron chi connectivity index (χ3n) is 6.26. The normalized spacial score (nSPS) is 23.2. The summed E-state index contributed by atoms with van der Waals surface area (Å²) < 4.78 is 43.3. The summed E-state index contributed by atoms with van der Waals surface area (Å²) in [4.78, 5) is 25.3. The Morgan fingerprint density at radius 1 is 1.06 bits per heavy atom. The summed E-state index contributed by atoms with van der Waals surface area (Å²) in [6.45, 7) is -0.302. The smallest absolute Gasteiger partial charge is 0.263 e. The predicted molar refractivity (Wildman–Crippen MR) is 125 cm³/mol. The van der Waals surface area contributed by atoms with Gasteiger partial charge in [0.05, 0.1) is 16.7 Å². The van der Waals surface area contributed by atoms with Crippen LogP contribution in [-0.2, 0) is 14.3 Å². The summed E-state index contributed by atoms with van der Waals surface area (Å²) in [5, 5.41) is 5.87. The zero-order chi connectivity index (χ0) is 25.2. The zero-order valence-electron chi connectivity index (χ0n) is 18.8. The maximum absolute atomic E-state index is 13.7. The van der Waals surface area contributed by atoms with Crippen LogP contribution in [0.5, 0.6) is 11.5 Å². The molecule has 11 heteroatoms. The molecule has 0 aliphatic heterocycles. The standard InChI is InChI=1S/C24H24Cl2F2N2O5/c1-33-11-21(35-15-3-5-17(26)19(28)7-15)23(32)29-20-10-24(8-13(20)9-24)30-22(31)12-34-14-2-4-16(25)18(27)6-14/h2-7,13,20-21H,8-12H2,1H3,(H,29,32)(H,30,31). The van der Waals surface area contributed by atoms with E-state index in [1.165, 1.54) is 31.4 Å². The molecule has 2 bridgehead atoms. The third-order valence-corrected chi connectivity index (χ3v) is 6.87. The van der Waals surface area contributed by atoms with Crippen molar-refractivity contribution in [2.45, 2.75) is 36.9 Å². The Morgan fingerprint density at radius 2 is 1.69 bits per heavy atom. The third kappa shape index (κ3) is 5.97. The number of rotatable bonds is 10. The highest BCUT2D eigenvalue weighted by molar-refractivity contribution is 6.31. The van der Waals surface area contributed by atoms with Crippen molar-refractivity contribution in [1.29, 1.82) is 0 Å². The van der Waals surface area contributed by atoms with Gasteiger partial charge < -0.3 is 24.8 Å². The molecule has 2 aromatic carbocycles. The molecule has 2 N–H and O–H groups in total. The lowest BCUT2D eigenvalue weighted by atomic mass is 9.76. The van der Waals surface area contributed by atoms with Crippen LogP contribution < -0.4 is 20.1 Å². The molecule has 188 valence electrons. The van der Waals surface area contributed by atoms with E-state index in [0.29, 0.717) is 6.42 Å². The Balaban J connectivity index is 1.28. The van der Waals surface area contributed by atoms with Gasteiger partial charge in [-0.25, -0.2) is 8.78 Å². The molecule has 0 saturated heterocycles. The molecule has 2 aromatic rings. The Labute approximate surface area is 211 Å². The van der Waals surface area contributed by atoms with Gasteiger partial charge in [0.25, 0.3) is 11.8 Å². The highest BCUT2D eigenvalue weighted by atomic mass is 35.5. The van der Waals surface area contributed by atoms with Crippen molar-refractivity contribution in [2.75, 3.05) is 20.3 Å². The molecule has 2 atom stereocenters. The van der Waals surface area contributed by atoms with Crippen LogP contribution in [0.25, 0.3) is 0 Å². The molecule has 3 aliphatic carbocycles. The minimum absolute atomic E-state index is 0.0290. The molecule has 0 heterocycles. The molecule has 0 radical (unpaired) electrons. The molecule has 0 aromatic heterocycles. The molecule has 35 heavy (non-hydrogen) atoms. The van der Waals surface area contributed by atoms with Crippen LogP contribution in [-0.4, -0.2) is 49.8 Å². The lowest BCUT2D eigenvalue weighted by Gasteiger charge is -2.39. The van der Waals surface area contributed by atoms with E-state index in [1.54, 1.807) is 0 Å². The first kappa shape index (κ1) is 25.5. The average molecular weight is 529 g/mol. The molecule has 0 spiro atoms. The number of carbonyl (C=O) groups excluding carboxylic acids is 2. The summed E-state index contributed by atoms with van der Waals surface area (Å²) in [6, 6.07) is 7.72. The van der Waals surface area contributed by atoms with Gasteiger partial charge in [-0.2, -0.15) is 0 Å². The van der Waals surface area contributed by atoms with E-state index in [2.05, 4.69) is 10.6 Å². The Hall–Kier alpha value is -2.62. The number of fused-ring (bicyclic) bond motifs is 1. The molecule has 2 amide bonds. The average Bonchev–Trinajstić information content (AvgIpc) is 3.30. The summed E-state index contributed by atoms with van der Waals surface area (Å²) in [6.07, 6.45) is 1.01. The number of benzene rings is 2. The Kier molecular flexibility index (Phi) is 7.68. The van der Waals surface area contributed by atoms with E-state index in [0.717, 1.165) is 25.0 Å². The van der Waals surface area contributed by atoms with Gasteiger partial charge >= 0.3 is 0 Å². The zero-order valence-corrected chi connectivity index (χ0v) is 20.3. The molecule has 5 rings (SSSR count). The number of hydrogen-bond donors (Lipinski definition) is 2. The van der Waals surface area contributed by atoms with Crippen molar-refractivity contribution in [3.8, 4) is 11.5 Å². The molecule has 7 nitrogen and oxygen atoms in total. The van der Waals surface area contributed by atoms with Gasteiger partial charge in [0, 0.05) is 30.8 Å². The topological polar surface area (TPSA) is 85.9 Å². The number of amides is 2. The number of ether oxygens (including phenoxy) is 3. The molecular weight excluding hydrogens is 505 g/mol. The first-order valence-corrected chi connectivity index (χ1v) is 11.7. The van der Waals surface area contributed by atoms with Crippen molar-refractivity contribution in [2.24, 2.45) is 5.92 Å². The van der Waals surface area contributed by atoms with Crippen molar-refractivity contribution < 1.29 is 32.6 Å². The van der Waals surface area contributed by atoms with Crippen LogP contribution in [0.2, 0.25) is 10.0 Å². The highest BCUT2D eigenvalue weighted by Crippen LogP contribution is 2.52.